The number of aryl methyl sites for hydroxylation is 2. The van der Waals surface area contributed by atoms with Crippen molar-refractivity contribution in [3.05, 3.63) is 83.6 Å². The molecule has 0 unspecified atom stereocenters. The minimum Gasteiger partial charge on any atom is -0.464 e. The molecular formula is C24H26N4O2S. The molecule has 2 atom stereocenters. The van der Waals surface area contributed by atoms with Gasteiger partial charge in [0.1, 0.15) is 17.6 Å². The van der Waals surface area contributed by atoms with Gasteiger partial charge < -0.3 is 20.0 Å². The van der Waals surface area contributed by atoms with Crippen molar-refractivity contribution in [2.75, 3.05) is 11.9 Å². The third kappa shape index (κ3) is 4.61. The highest BCUT2D eigenvalue weighted by Crippen LogP contribution is 2.39. The van der Waals surface area contributed by atoms with Crippen molar-refractivity contribution >= 4 is 28.9 Å². The van der Waals surface area contributed by atoms with E-state index < -0.39 is 0 Å². The lowest BCUT2D eigenvalue weighted by Gasteiger charge is -2.25. The van der Waals surface area contributed by atoms with Crippen LogP contribution in [0.15, 0.2) is 65.2 Å². The van der Waals surface area contributed by atoms with E-state index in [9.17, 15) is 4.79 Å². The molecule has 6 nitrogen and oxygen atoms in total. The lowest BCUT2D eigenvalue weighted by atomic mass is 10.0. The maximum Gasteiger partial charge on any atom is 0.226 e. The first kappa shape index (κ1) is 21.1. The van der Waals surface area contributed by atoms with Crippen molar-refractivity contribution in [1.82, 2.24) is 15.2 Å². The van der Waals surface area contributed by atoms with Gasteiger partial charge >= 0.3 is 0 Å². The minimum atomic E-state index is -0.174. The molecule has 3 aromatic rings. The van der Waals surface area contributed by atoms with Gasteiger partial charge in [0, 0.05) is 24.8 Å². The van der Waals surface area contributed by atoms with Crippen LogP contribution in [0.5, 0.6) is 0 Å². The summed E-state index contributed by atoms with van der Waals surface area (Å²) in [5.41, 5.74) is 2.86. The number of carbonyl (C=O) groups excluding carboxylic acids is 1. The van der Waals surface area contributed by atoms with Gasteiger partial charge in [-0.3, -0.25) is 9.78 Å². The third-order valence-electron chi connectivity index (χ3n) is 5.50. The fourth-order valence-electron chi connectivity index (χ4n) is 3.95. The molecule has 1 fully saturated rings. The summed E-state index contributed by atoms with van der Waals surface area (Å²) in [5, 5.41) is 7.00. The lowest BCUT2D eigenvalue weighted by Crippen LogP contribution is -2.32. The van der Waals surface area contributed by atoms with Crippen LogP contribution in [-0.2, 0) is 11.2 Å². The highest BCUT2D eigenvalue weighted by atomic mass is 32.1. The average molecular weight is 435 g/mol. The van der Waals surface area contributed by atoms with E-state index in [0.29, 0.717) is 18.1 Å². The molecule has 0 aliphatic carbocycles. The Hall–Kier alpha value is -3.19. The number of carbonyl (C=O) groups is 1. The molecule has 0 radical (unpaired) electrons. The Morgan fingerprint density at radius 1 is 1.19 bits per heavy atom. The summed E-state index contributed by atoms with van der Waals surface area (Å²) in [6.07, 6.45) is 2.94. The van der Waals surface area contributed by atoms with Gasteiger partial charge in [-0.25, -0.2) is 0 Å². The molecule has 7 heteroatoms. The normalized spacial score (nSPS) is 18.1. The number of hydrogen-bond acceptors (Lipinski definition) is 4. The van der Waals surface area contributed by atoms with E-state index in [-0.39, 0.29) is 18.0 Å². The second kappa shape index (κ2) is 9.31. The number of nitrogens with one attached hydrogen (secondary N) is 2. The molecule has 1 aromatic carbocycles. The number of benzene rings is 1. The van der Waals surface area contributed by atoms with Crippen molar-refractivity contribution in [3.8, 4) is 0 Å². The van der Waals surface area contributed by atoms with Crippen LogP contribution < -0.4 is 10.6 Å². The van der Waals surface area contributed by atoms with Crippen LogP contribution in [0.4, 0.5) is 5.69 Å². The molecule has 0 saturated carbocycles. The second-order valence-corrected chi connectivity index (χ2v) is 7.96. The Bertz CT molecular complexity index is 1070. The Morgan fingerprint density at radius 2 is 2.00 bits per heavy atom. The van der Waals surface area contributed by atoms with Gasteiger partial charge in [-0.05, 0) is 61.5 Å². The van der Waals surface area contributed by atoms with Gasteiger partial charge in [-0.15, -0.1) is 0 Å². The Balaban J connectivity index is 1.52. The van der Waals surface area contributed by atoms with Crippen molar-refractivity contribution in [2.24, 2.45) is 0 Å². The average Bonchev–Trinajstić information content (AvgIpc) is 3.35. The number of amides is 1. The van der Waals surface area contributed by atoms with Crippen LogP contribution in [0.3, 0.4) is 0 Å². The quantitative estimate of drug-likeness (QED) is 0.532. The van der Waals surface area contributed by atoms with Crippen molar-refractivity contribution in [2.45, 2.75) is 38.8 Å². The number of pyridine rings is 1. The number of thiocarbonyl (C=S) groups is 1. The van der Waals surface area contributed by atoms with Gasteiger partial charge in [0.15, 0.2) is 5.11 Å². The maximum atomic E-state index is 12.7. The van der Waals surface area contributed by atoms with Gasteiger partial charge in [0.2, 0.25) is 5.91 Å². The Kier molecular flexibility index (Phi) is 6.32. The summed E-state index contributed by atoms with van der Waals surface area (Å²) >= 11 is 5.64. The molecule has 0 bridgehead atoms. The minimum absolute atomic E-state index is 0.0423. The molecular weight excluding hydrogens is 408 g/mol. The molecule has 1 aliphatic rings. The van der Waals surface area contributed by atoms with Crippen LogP contribution in [-0.4, -0.2) is 27.4 Å². The molecule has 1 amide bonds. The smallest absolute Gasteiger partial charge is 0.226 e. The summed E-state index contributed by atoms with van der Waals surface area (Å²) in [7, 11) is 0. The van der Waals surface area contributed by atoms with E-state index >= 15 is 0 Å². The fraction of sp³-hybridized carbons (Fsp3) is 0.292. The second-order valence-electron chi connectivity index (χ2n) is 7.58. The summed E-state index contributed by atoms with van der Waals surface area (Å²) in [4.78, 5) is 19.2. The number of furan rings is 1. The van der Waals surface area contributed by atoms with Gasteiger partial charge in [0.25, 0.3) is 0 Å². The molecule has 3 heterocycles. The Morgan fingerprint density at radius 3 is 2.71 bits per heavy atom. The highest BCUT2D eigenvalue weighted by Gasteiger charge is 2.41. The number of para-hydroxylation sites is 1. The van der Waals surface area contributed by atoms with E-state index in [4.69, 9.17) is 16.6 Å². The topological polar surface area (TPSA) is 70.4 Å². The standard InChI is InChI=1S/C24H26N4O2S/c1-3-17-8-4-5-9-18(17)26-21(29)13-15-28-23(20-12-11-16(2)30-20)22(27-24(28)31)19-10-6-7-14-25-19/h4-12,14,22-23H,3,13,15H2,1-2H3,(H,26,29)(H,27,31)/t22-,23+/m0/s1. The summed E-state index contributed by atoms with van der Waals surface area (Å²) in [5.74, 6) is 1.60. The van der Waals surface area contributed by atoms with Crippen LogP contribution in [0.2, 0.25) is 0 Å². The molecule has 1 aliphatic heterocycles. The van der Waals surface area contributed by atoms with E-state index in [1.165, 1.54) is 0 Å². The van der Waals surface area contributed by atoms with Crippen molar-refractivity contribution < 1.29 is 9.21 Å². The first-order chi connectivity index (χ1) is 15.1. The van der Waals surface area contributed by atoms with E-state index in [0.717, 1.165) is 34.9 Å². The molecule has 4 rings (SSSR count). The SMILES string of the molecule is CCc1ccccc1NC(=O)CCN1C(=S)N[C@@H](c2ccccn2)[C@H]1c1ccc(C)o1. The first-order valence-electron chi connectivity index (χ1n) is 10.5. The molecule has 1 saturated heterocycles. The van der Waals surface area contributed by atoms with Crippen molar-refractivity contribution in [1.29, 1.82) is 0 Å². The summed E-state index contributed by atoms with van der Waals surface area (Å²) in [6.45, 7) is 4.47. The number of nitrogens with zero attached hydrogens (tertiary/aromatic N) is 2. The maximum absolute atomic E-state index is 12.7. The van der Waals surface area contributed by atoms with Gasteiger partial charge in [0.05, 0.1) is 11.7 Å². The Labute approximate surface area is 187 Å². The zero-order chi connectivity index (χ0) is 21.8. The van der Waals surface area contributed by atoms with E-state index in [2.05, 4.69) is 22.5 Å². The predicted octanol–water partition coefficient (Wildman–Crippen LogP) is 4.55. The van der Waals surface area contributed by atoms with Crippen LogP contribution in [0.1, 0.15) is 48.2 Å². The van der Waals surface area contributed by atoms with Crippen LogP contribution in [0, 0.1) is 6.92 Å². The van der Waals surface area contributed by atoms with Crippen LogP contribution in [0.25, 0.3) is 0 Å². The van der Waals surface area contributed by atoms with E-state index in [1.54, 1.807) is 6.20 Å². The predicted molar refractivity (Wildman–Crippen MR) is 125 cm³/mol. The summed E-state index contributed by atoms with van der Waals surface area (Å²) < 4.78 is 5.96. The fourth-order valence-corrected chi connectivity index (χ4v) is 4.28. The first-order valence-corrected chi connectivity index (χ1v) is 10.9. The monoisotopic (exact) mass is 434 g/mol. The van der Waals surface area contributed by atoms with Gasteiger partial charge in [-0.1, -0.05) is 31.2 Å². The zero-order valence-electron chi connectivity index (χ0n) is 17.7. The number of aromatic nitrogens is 1. The van der Waals surface area contributed by atoms with E-state index in [1.807, 2.05) is 66.4 Å². The van der Waals surface area contributed by atoms with Gasteiger partial charge in [-0.2, -0.15) is 0 Å². The highest BCUT2D eigenvalue weighted by molar-refractivity contribution is 7.80. The third-order valence-corrected chi connectivity index (χ3v) is 5.85. The molecule has 2 N–H and O–H groups in total. The number of rotatable bonds is 7. The lowest BCUT2D eigenvalue weighted by molar-refractivity contribution is -0.116. The van der Waals surface area contributed by atoms with Crippen molar-refractivity contribution in [3.63, 3.8) is 0 Å². The molecule has 160 valence electrons. The molecule has 31 heavy (non-hydrogen) atoms. The number of hydrogen-bond donors (Lipinski definition) is 2. The summed E-state index contributed by atoms with van der Waals surface area (Å²) in [6, 6.07) is 17.3. The number of anilines is 1. The zero-order valence-corrected chi connectivity index (χ0v) is 18.5. The largest absolute Gasteiger partial charge is 0.464 e. The van der Waals surface area contributed by atoms with Crippen LogP contribution >= 0.6 is 12.2 Å². The molecule has 2 aromatic heterocycles. The molecule has 0 spiro atoms.